The lowest BCUT2D eigenvalue weighted by Gasteiger charge is -2.22. The third kappa shape index (κ3) is 3.71. The van der Waals surface area contributed by atoms with Crippen molar-refractivity contribution in [1.82, 2.24) is 25.1 Å². The van der Waals surface area contributed by atoms with Crippen LogP contribution in [-0.2, 0) is 0 Å². The standard InChI is InChI=1S/C21H22N6O.ClH/c1-22-20-17(21-26-18-4-2-3-5-19(18)28-21)10-14(11-24-20)15-12-25-27(13-15)16-6-8-23-9-7-16;/h2-5,10-13,16,23H,6-9H2,1H3,(H,22,24);1H. The molecule has 3 aromatic heterocycles. The molecule has 1 aromatic carbocycles. The number of oxazole rings is 1. The first-order chi connectivity index (χ1) is 13.8. The number of rotatable bonds is 4. The number of hydrogen-bond donors (Lipinski definition) is 2. The van der Waals surface area contributed by atoms with Gasteiger partial charge < -0.3 is 15.1 Å². The van der Waals surface area contributed by atoms with Gasteiger partial charge in [0.25, 0.3) is 0 Å². The zero-order valence-corrected chi connectivity index (χ0v) is 16.9. The molecule has 0 spiro atoms. The Hall–Kier alpha value is -2.90. The lowest BCUT2D eigenvalue weighted by molar-refractivity contribution is 0.343. The van der Waals surface area contributed by atoms with E-state index in [1.165, 1.54) is 0 Å². The largest absolute Gasteiger partial charge is 0.436 e. The molecular formula is C21H23ClN6O. The molecule has 8 heteroatoms. The Morgan fingerprint density at radius 1 is 1.14 bits per heavy atom. The predicted molar refractivity (Wildman–Crippen MR) is 116 cm³/mol. The number of hydrogen-bond acceptors (Lipinski definition) is 6. The molecule has 1 fully saturated rings. The molecule has 29 heavy (non-hydrogen) atoms. The molecule has 0 amide bonds. The van der Waals surface area contributed by atoms with Crippen molar-refractivity contribution in [2.24, 2.45) is 0 Å². The highest BCUT2D eigenvalue weighted by Crippen LogP contribution is 2.32. The van der Waals surface area contributed by atoms with Gasteiger partial charge in [-0.2, -0.15) is 5.10 Å². The number of fused-ring (bicyclic) bond motifs is 1. The number of anilines is 1. The molecule has 1 saturated heterocycles. The summed E-state index contributed by atoms with van der Waals surface area (Å²) in [5.41, 5.74) is 4.49. The van der Waals surface area contributed by atoms with Gasteiger partial charge >= 0.3 is 0 Å². The second kappa shape index (κ2) is 8.23. The van der Waals surface area contributed by atoms with E-state index < -0.39 is 0 Å². The van der Waals surface area contributed by atoms with Crippen molar-refractivity contribution in [3.63, 3.8) is 0 Å². The van der Waals surface area contributed by atoms with Crippen molar-refractivity contribution in [3.8, 4) is 22.6 Å². The highest BCUT2D eigenvalue weighted by Gasteiger charge is 2.18. The maximum atomic E-state index is 5.97. The Labute approximate surface area is 175 Å². The van der Waals surface area contributed by atoms with Crippen LogP contribution in [0.5, 0.6) is 0 Å². The molecule has 1 aliphatic heterocycles. The molecule has 4 heterocycles. The number of piperidine rings is 1. The van der Waals surface area contributed by atoms with Crippen LogP contribution in [0, 0.1) is 0 Å². The SMILES string of the molecule is CNc1ncc(-c2cnn(C3CCNCC3)c2)cc1-c1nc2ccccc2o1.Cl. The van der Waals surface area contributed by atoms with Crippen molar-refractivity contribution >= 4 is 29.3 Å². The van der Waals surface area contributed by atoms with Crippen molar-refractivity contribution in [3.05, 3.63) is 48.9 Å². The van der Waals surface area contributed by atoms with E-state index in [1.54, 1.807) is 0 Å². The number of para-hydroxylation sites is 2. The Morgan fingerprint density at radius 2 is 1.97 bits per heavy atom. The number of halogens is 1. The average molecular weight is 411 g/mol. The molecule has 0 bridgehead atoms. The third-order valence-electron chi connectivity index (χ3n) is 5.27. The molecule has 0 saturated carbocycles. The van der Waals surface area contributed by atoms with Crippen LogP contribution >= 0.6 is 12.4 Å². The summed E-state index contributed by atoms with van der Waals surface area (Å²) in [5.74, 6) is 1.30. The molecule has 0 radical (unpaired) electrons. The van der Waals surface area contributed by atoms with Crippen molar-refractivity contribution in [1.29, 1.82) is 0 Å². The van der Waals surface area contributed by atoms with Crippen molar-refractivity contribution < 1.29 is 4.42 Å². The van der Waals surface area contributed by atoms with Crippen LogP contribution in [0.25, 0.3) is 33.7 Å². The number of benzene rings is 1. The monoisotopic (exact) mass is 410 g/mol. The molecular weight excluding hydrogens is 388 g/mol. The average Bonchev–Trinajstić information content (AvgIpc) is 3.41. The minimum atomic E-state index is 0. The summed E-state index contributed by atoms with van der Waals surface area (Å²) in [5, 5.41) is 11.1. The van der Waals surface area contributed by atoms with Crippen molar-refractivity contribution in [2.75, 3.05) is 25.5 Å². The summed E-state index contributed by atoms with van der Waals surface area (Å²) in [6.45, 7) is 2.08. The van der Waals surface area contributed by atoms with Crippen LogP contribution < -0.4 is 10.6 Å². The molecule has 0 unspecified atom stereocenters. The molecule has 2 N–H and O–H groups in total. The van der Waals surface area contributed by atoms with E-state index in [0.29, 0.717) is 11.9 Å². The van der Waals surface area contributed by atoms with Crippen LogP contribution in [0.1, 0.15) is 18.9 Å². The van der Waals surface area contributed by atoms with E-state index in [4.69, 9.17) is 4.42 Å². The van der Waals surface area contributed by atoms with E-state index in [2.05, 4.69) is 42.6 Å². The summed E-state index contributed by atoms with van der Waals surface area (Å²) in [7, 11) is 1.85. The van der Waals surface area contributed by atoms with E-state index in [0.717, 1.165) is 59.5 Å². The fraction of sp³-hybridized carbons (Fsp3) is 0.286. The normalized spacial score (nSPS) is 14.7. The van der Waals surface area contributed by atoms with E-state index >= 15 is 0 Å². The van der Waals surface area contributed by atoms with Gasteiger partial charge in [0.05, 0.1) is 17.8 Å². The van der Waals surface area contributed by atoms with E-state index in [1.807, 2.05) is 43.7 Å². The van der Waals surface area contributed by atoms with Gasteiger partial charge in [-0.25, -0.2) is 9.97 Å². The fourth-order valence-electron chi connectivity index (χ4n) is 3.73. The molecule has 0 aliphatic carbocycles. The first-order valence-electron chi connectivity index (χ1n) is 9.61. The molecule has 4 aromatic rings. The van der Waals surface area contributed by atoms with Crippen LogP contribution in [0.15, 0.2) is 53.3 Å². The Balaban J connectivity index is 0.00000205. The van der Waals surface area contributed by atoms with Crippen LogP contribution in [-0.4, -0.2) is 39.9 Å². The van der Waals surface area contributed by atoms with Gasteiger partial charge in [0.1, 0.15) is 11.3 Å². The zero-order chi connectivity index (χ0) is 18.9. The number of pyridine rings is 1. The Morgan fingerprint density at radius 3 is 2.76 bits per heavy atom. The second-order valence-electron chi connectivity index (χ2n) is 7.05. The third-order valence-corrected chi connectivity index (χ3v) is 5.27. The van der Waals surface area contributed by atoms with Gasteiger partial charge in [0.15, 0.2) is 5.58 Å². The number of aromatic nitrogens is 4. The van der Waals surface area contributed by atoms with Gasteiger partial charge in [-0.15, -0.1) is 12.4 Å². The van der Waals surface area contributed by atoms with E-state index in [-0.39, 0.29) is 12.4 Å². The van der Waals surface area contributed by atoms with Crippen LogP contribution in [0.4, 0.5) is 5.82 Å². The summed E-state index contributed by atoms with van der Waals surface area (Å²) < 4.78 is 8.05. The Kier molecular flexibility index (Phi) is 5.51. The maximum absolute atomic E-state index is 5.97. The zero-order valence-electron chi connectivity index (χ0n) is 16.1. The fourth-order valence-corrected chi connectivity index (χ4v) is 3.73. The molecule has 150 valence electrons. The number of nitrogens with zero attached hydrogens (tertiary/aromatic N) is 4. The number of nitrogens with one attached hydrogen (secondary N) is 2. The minimum absolute atomic E-state index is 0. The quantitative estimate of drug-likeness (QED) is 0.526. The minimum Gasteiger partial charge on any atom is -0.436 e. The predicted octanol–water partition coefficient (Wildman–Crippen LogP) is 4.14. The summed E-state index contributed by atoms with van der Waals surface area (Å²) in [6, 6.07) is 10.3. The van der Waals surface area contributed by atoms with Gasteiger partial charge in [0, 0.05) is 30.6 Å². The molecule has 1 aliphatic rings. The van der Waals surface area contributed by atoms with Gasteiger partial charge in [0.2, 0.25) is 5.89 Å². The highest BCUT2D eigenvalue weighted by molar-refractivity contribution is 5.85. The maximum Gasteiger partial charge on any atom is 0.231 e. The first kappa shape index (κ1) is 19.4. The molecule has 0 atom stereocenters. The van der Waals surface area contributed by atoms with E-state index in [9.17, 15) is 0 Å². The highest BCUT2D eigenvalue weighted by atomic mass is 35.5. The first-order valence-corrected chi connectivity index (χ1v) is 9.61. The second-order valence-corrected chi connectivity index (χ2v) is 7.05. The van der Waals surface area contributed by atoms with Gasteiger partial charge in [-0.1, -0.05) is 12.1 Å². The summed E-state index contributed by atoms with van der Waals surface area (Å²) in [4.78, 5) is 9.21. The molecule has 7 nitrogen and oxygen atoms in total. The summed E-state index contributed by atoms with van der Waals surface area (Å²) >= 11 is 0. The van der Waals surface area contributed by atoms with Crippen LogP contribution in [0.3, 0.4) is 0 Å². The lowest BCUT2D eigenvalue weighted by Crippen LogP contribution is -2.29. The van der Waals surface area contributed by atoms with Crippen molar-refractivity contribution in [2.45, 2.75) is 18.9 Å². The lowest BCUT2D eigenvalue weighted by atomic mass is 10.1. The molecule has 5 rings (SSSR count). The smallest absolute Gasteiger partial charge is 0.231 e. The van der Waals surface area contributed by atoms with Gasteiger partial charge in [-0.05, 0) is 44.1 Å². The topological polar surface area (TPSA) is 80.8 Å². The summed E-state index contributed by atoms with van der Waals surface area (Å²) in [6.07, 6.45) is 8.09. The Bertz CT molecular complexity index is 1080. The van der Waals surface area contributed by atoms with Crippen LogP contribution in [0.2, 0.25) is 0 Å². The van der Waals surface area contributed by atoms with Gasteiger partial charge in [-0.3, -0.25) is 4.68 Å².